The molecule has 0 spiro atoms. The molecule has 2 aromatic heterocycles. The molecule has 3 rings (SSSR count). The van der Waals surface area contributed by atoms with E-state index >= 15 is 0 Å². The molecule has 88 valence electrons. The molecular formula is C14H9NO2S. The van der Waals surface area contributed by atoms with Crippen molar-refractivity contribution < 1.29 is 4.42 Å². The lowest BCUT2D eigenvalue weighted by atomic mass is 10.2. The molecule has 0 aliphatic rings. The Kier molecular flexibility index (Phi) is 2.78. The summed E-state index contributed by atoms with van der Waals surface area (Å²) < 4.78 is 5.55. The maximum absolute atomic E-state index is 11.8. The van der Waals surface area contributed by atoms with Crippen LogP contribution in [0.15, 0.2) is 51.0 Å². The Hall–Kier alpha value is -2.20. The van der Waals surface area contributed by atoms with Gasteiger partial charge >= 0.3 is 0 Å². The van der Waals surface area contributed by atoms with E-state index in [4.69, 9.17) is 4.42 Å². The fraction of sp³-hybridized carbons (Fsp3) is 0. The molecule has 3 aromatic rings. The average molecular weight is 255 g/mol. The van der Waals surface area contributed by atoms with Crippen molar-refractivity contribution in [3.05, 3.63) is 62.9 Å². The molecule has 2 heterocycles. The summed E-state index contributed by atoms with van der Waals surface area (Å²) in [4.78, 5) is 16.7. The minimum Gasteiger partial charge on any atom is -0.438 e. The quantitative estimate of drug-likeness (QED) is 0.704. The topological polar surface area (TPSA) is 43.1 Å². The maximum Gasteiger partial charge on any atom is 0.284 e. The summed E-state index contributed by atoms with van der Waals surface area (Å²) in [6, 6.07) is 11.1. The average Bonchev–Trinajstić information content (AvgIpc) is 2.90. The second-order valence-electron chi connectivity index (χ2n) is 3.70. The summed E-state index contributed by atoms with van der Waals surface area (Å²) in [6.45, 7) is 0. The number of aromatic nitrogens is 1. The van der Waals surface area contributed by atoms with E-state index in [0.29, 0.717) is 16.9 Å². The lowest BCUT2D eigenvalue weighted by Gasteiger charge is -1.96. The zero-order valence-electron chi connectivity index (χ0n) is 9.37. The molecule has 4 heteroatoms. The van der Waals surface area contributed by atoms with E-state index < -0.39 is 0 Å². The van der Waals surface area contributed by atoms with Crippen molar-refractivity contribution >= 4 is 34.5 Å². The van der Waals surface area contributed by atoms with Crippen LogP contribution in [0.25, 0.3) is 23.1 Å². The molecule has 0 saturated carbocycles. The van der Waals surface area contributed by atoms with Crippen LogP contribution >= 0.6 is 11.3 Å². The van der Waals surface area contributed by atoms with Crippen LogP contribution in [0.5, 0.6) is 0 Å². The van der Waals surface area contributed by atoms with Crippen molar-refractivity contribution in [2.24, 2.45) is 0 Å². The van der Waals surface area contributed by atoms with E-state index in [-0.39, 0.29) is 5.56 Å². The smallest absolute Gasteiger partial charge is 0.284 e. The summed E-state index contributed by atoms with van der Waals surface area (Å²) >= 11 is 1.62. The van der Waals surface area contributed by atoms with Crippen LogP contribution in [0.1, 0.15) is 10.8 Å². The van der Waals surface area contributed by atoms with Crippen LogP contribution in [0.2, 0.25) is 0 Å². The highest BCUT2D eigenvalue weighted by Gasteiger charge is 2.02. The van der Waals surface area contributed by atoms with Gasteiger partial charge in [0.05, 0.1) is 5.39 Å². The fourth-order valence-electron chi connectivity index (χ4n) is 1.64. The zero-order valence-corrected chi connectivity index (χ0v) is 10.2. The normalized spacial score (nSPS) is 11.3. The number of para-hydroxylation sites is 1. The Morgan fingerprint density at radius 3 is 2.83 bits per heavy atom. The van der Waals surface area contributed by atoms with Gasteiger partial charge in [0.25, 0.3) is 5.56 Å². The third kappa shape index (κ3) is 2.10. The lowest BCUT2D eigenvalue weighted by Crippen LogP contribution is -2.06. The van der Waals surface area contributed by atoms with E-state index in [0.717, 1.165) is 4.88 Å². The number of thiophene rings is 1. The Balaban J connectivity index is 2.06. The van der Waals surface area contributed by atoms with Crippen molar-refractivity contribution in [3.63, 3.8) is 0 Å². The van der Waals surface area contributed by atoms with Gasteiger partial charge in [-0.25, -0.2) is 0 Å². The molecule has 18 heavy (non-hydrogen) atoms. The van der Waals surface area contributed by atoms with E-state index in [1.807, 2.05) is 29.7 Å². The Morgan fingerprint density at radius 1 is 1.11 bits per heavy atom. The van der Waals surface area contributed by atoms with Gasteiger partial charge in [0.2, 0.25) is 5.89 Å². The molecule has 0 fully saturated rings. The van der Waals surface area contributed by atoms with Crippen LogP contribution in [-0.4, -0.2) is 4.98 Å². The van der Waals surface area contributed by atoms with Gasteiger partial charge in [0, 0.05) is 11.0 Å². The van der Waals surface area contributed by atoms with Crippen LogP contribution in [0, 0.1) is 0 Å². The first kappa shape index (κ1) is 10.9. The third-order valence-electron chi connectivity index (χ3n) is 2.48. The summed E-state index contributed by atoms with van der Waals surface area (Å²) in [5, 5.41) is 2.50. The van der Waals surface area contributed by atoms with Gasteiger partial charge in [-0.15, -0.1) is 11.3 Å². The second-order valence-corrected chi connectivity index (χ2v) is 4.68. The van der Waals surface area contributed by atoms with Crippen LogP contribution in [0.4, 0.5) is 0 Å². The Bertz CT molecular complexity index is 757. The molecule has 0 atom stereocenters. The number of benzene rings is 1. The van der Waals surface area contributed by atoms with E-state index in [1.54, 1.807) is 35.6 Å². The third-order valence-corrected chi connectivity index (χ3v) is 3.31. The molecule has 0 bridgehead atoms. The van der Waals surface area contributed by atoms with Gasteiger partial charge in [-0.1, -0.05) is 18.2 Å². The number of hydrogen-bond acceptors (Lipinski definition) is 4. The Morgan fingerprint density at radius 2 is 2.00 bits per heavy atom. The van der Waals surface area contributed by atoms with Gasteiger partial charge in [-0.3, -0.25) is 4.79 Å². The zero-order chi connectivity index (χ0) is 12.4. The highest BCUT2D eigenvalue weighted by molar-refractivity contribution is 7.10. The van der Waals surface area contributed by atoms with Gasteiger partial charge < -0.3 is 4.42 Å². The van der Waals surface area contributed by atoms with Crippen molar-refractivity contribution in [2.75, 3.05) is 0 Å². The van der Waals surface area contributed by atoms with Crippen LogP contribution < -0.4 is 5.56 Å². The minimum atomic E-state index is -0.261. The first-order chi connectivity index (χ1) is 8.83. The Labute approximate surface area is 107 Å². The highest BCUT2D eigenvalue weighted by Crippen LogP contribution is 2.14. The van der Waals surface area contributed by atoms with Crippen LogP contribution in [0.3, 0.4) is 0 Å². The molecule has 0 aliphatic heterocycles. The van der Waals surface area contributed by atoms with Gasteiger partial charge in [0.1, 0.15) is 5.58 Å². The fourth-order valence-corrected chi connectivity index (χ4v) is 2.26. The lowest BCUT2D eigenvalue weighted by molar-refractivity contribution is 0.563. The summed E-state index contributed by atoms with van der Waals surface area (Å²) in [5.41, 5.74) is 0.297. The van der Waals surface area contributed by atoms with Crippen molar-refractivity contribution in [3.8, 4) is 0 Å². The molecule has 0 radical (unpaired) electrons. The molecule has 0 amide bonds. The molecule has 0 aliphatic carbocycles. The monoisotopic (exact) mass is 255 g/mol. The predicted octanol–water partition coefficient (Wildman–Crippen LogP) is 3.42. The van der Waals surface area contributed by atoms with Gasteiger partial charge in [0.15, 0.2) is 0 Å². The van der Waals surface area contributed by atoms with E-state index in [9.17, 15) is 4.79 Å². The van der Waals surface area contributed by atoms with E-state index in [1.165, 1.54) is 0 Å². The minimum absolute atomic E-state index is 0.261. The van der Waals surface area contributed by atoms with Gasteiger partial charge in [-0.2, -0.15) is 4.98 Å². The first-order valence-electron chi connectivity index (χ1n) is 5.44. The SMILES string of the molecule is O=c1nc(/C=C/c2cccs2)oc2ccccc12. The maximum atomic E-state index is 11.8. The first-order valence-corrected chi connectivity index (χ1v) is 6.32. The van der Waals surface area contributed by atoms with E-state index in [2.05, 4.69) is 4.98 Å². The number of rotatable bonds is 2. The van der Waals surface area contributed by atoms with Crippen molar-refractivity contribution in [1.82, 2.24) is 4.98 Å². The van der Waals surface area contributed by atoms with Crippen LogP contribution in [-0.2, 0) is 0 Å². The highest BCUT2D eigenvalue weighted by atomic mass is 32.1. The summed E-state index contributed by atoms with van der Waals surface area (Å²) in [7, 11) is 0. The largest absolute Gasteiger partial charge is 0.438 e. The molecule has 0 unspecified atom stereocenters. The summed E-state index contributed by atoms with van der Waals surface area (Å²) in [5.74, 6) is 0.326. The number of hydrogen-bond donors (Lipinski definition) is 0. The molecule has 0 N–H and O–H groups in total. The van der Waals surface area contributed by atoms with Crippen molar-refractivity contribution in [1.29, 1.82) is 0 Å². The standard InChI is InChI=1S/C14H9NO2S/c16-14-11-5-1-2-6-12(11)17-13(15-14)8-7-10-4-3-9-18-10/h1-9H/b8-7+. The number of nitrogens with zero attached hydrogens (tertiary/aromatic N) is 1. The van der Waals surface area contributed by atoms with Gasteiger partial charge in [-0.05, 0) is 29.7 Å². The predicted molar refractivity (Wildman–Crippen MR) is 73.5 cm³/mol. The van der Waals surface area contributed by atoms with Crippen molar-refractivity contribution in [2.45, 2.75) is 0 Å². The molecule has 0 saturated heterocycles. The molecular weight excluding hydrogens is 246 g/mol. The molecule has 3 nitrogen and oxygen atoms in total. The second kappa shape index (κ2) is 4.58. The molecule has 1 aromatic carbocycles. The summed E-state index contributed by atoms with van der Waals surface area (Å²) in [6.07, 6.45) is 3.59. The number of fused-ring (bicyclic) bond motifs is 1.